The summed E-state index contributed by atoms with van der Waals surface area (Å²) in [6.45, 7) is 6.12. The van der Waals surface area contributed by atoms with Crippen molar-refractivity contribution in [2.45, 2.75) is 46.1 Å². The second-order valence-corrected chi connectivity index (χ2v) is 2.55. The van der Waals surface area contributed by atoms with Crippen molar-refractivity contribution >= 4 is 0 Å². The Morgan fingerprint density at radius 2 is 2.10 bits per heavy atom. The zero-order valence-corrected chi connectivity index (χ0v) is 7.11. The molecule has 0 rings (SSSR count). The van der Waals surface area contributed by atoms with Crippen LogP contribution in [-0.2, 0) is 4.74 Å². The molecule has 1 nitrogen and oxygen atoms in total. The highest BCUT2D eigenvalue weighted by atomic mass is 16.5. The van der Waals surface area contributed by atoms with Crippen LogP contribution < -0.4 is 0 Å². The van der Waals surface area contributed by atoms with Gasteiger partial charge < -0.3 is 4.74 Å². The summed E-state index contributed by atoms with van der Waals surface area (Å²) in [5.41, 5.74) is 0. The Hall–Kier alpha value is -0.640. The summed E-state index contributed by atoms with van der Waals surface area (Å²) in [6.07, 6.45) is 6.24. The van der Waals surface area contributed by atoms with Gasteiger partial charge in [-0.2, -0.15) is 0 Å². The molecule has 0 saturated heterocycles. The third-order valence-corrected chi connectivity index (χ3v) is 1.02. The van der Waals surface area contributed by atoms with Gasteiger partial charge in [-0.3, -0.25) is 0 Å². The molecule has 10 heavy (non-hydrogen) atoms. The molecule has 0 aromatic rings. The van der Waals surface area contributed by atoms with E-state index in [1.165, 1.54) is 12.8 Å². The van der Waals surface area contributed by atoms with Crippen molar-refractivity contribution in [1.29, 1.82) is 0 Å². The normalized spacial score (nSPS) is 8.80. The predicted octanol–water partition coefficient (Wildman–Crippen LogP) is 2.56. The Morgan fingerprint density at radius 3 is 2.60 bits per heavy atom. The molecule has 0 aliphatic carbocycles. The molecule has 0 saturated carbocycles. The van der Waals surface area contributed by atoms with Crippen LogP contribution >= 0.6 is 0 Å². The van der Waals surface area contributed by atoms with Crippen LogP contribution in [0, 0.1) is 12.0 Å². The summed E-state index contributed by atoms with van der Waals surface area (Å²) in [5.74, 6) is 2.95. The molecule has 0 atom stereocenters. The molecule has 0 aromatic heterocycles. The minimum absolute atomic E-state index is 0.231. The Balaban J connectivity index is 3.14. The fraction of sp³-hybridized carbons (Fsp3) is 0.778. The van der Waals surface area contributed by atoms with Crippen LogP contribution in [0.25, 0.3) is 0 Å². The second-order valence-electron chi connectivity index (χ2n) is 2.55. The van der Waals surface area contributed by atoms with Gasteiger partial charge in [-0.05, 0) is 20.3 Å². The van der Waals surface area contributed by atoms with Crippen molar-refractivity contribution in [3.63, 3.8) is 0 Å². The van der Waals surface area contributed by atoms with E-state index in [9.17, 15) is 0 Å². The molecule has 1 heteroatoms. The molecule has 0 spiro atoms. The minimum Gasteiger partial charge on any atom is -0.444 e. The van der Waals surface area contributed by atoms with E-state index in [1.807, 2.05) is 13.8 Å². The number of unbranched alkanes of at least 4 members (excludes halogenated alkanes) is 2. The topological polar surface area (TPSA) is 9.23 Å². The predicted molar refractivity (Wildman–Crippen MR) is 43.5 cm³/mol. The summed E-state index contributed by atoms with van der Waals surface area (Å²) in [4.78, 5) is 0. The third kappa shape index (κ3) is 7.36. The van der Waals surface area contributed by atoms with Gasteiger partial charge in [0, 0.05) is 6.42 Å². The van der Waals surface area contributed by atoms with E-state index in [4.69, 9.17) is 4.74 Å². The van der Waals surface area contributed by atoms with Crippen molar-refractivity contribution in [1.82, 2.24) is 0 Å². The highest BCUT2D eigenvalue weighted by molar-refractivity contribution is 4.91. The maximum absolute atomic E-state index is 5.03. The van der Waals surface area contributed by atoms with Crippen LogP contribution in [0.3, 0.4) is 0 Å². The SMILES string of the molecule is CCCCC#COC(C)C. The van der Waals surface area contributed by atoms with Gasteiger partial charge in [-0.15, -0.1) is 0 Å². The largest absolute Gasteiger partial charge is 0.444 e. The molecule has 0 N–H and O–H groups in total. The molecule has 0 aliphatic heterocycles. The summed E-state index contributed by atoms with van der Waals surface area (Å²) < 4.78 is 5.03. The third-order valence-electron chi connectivity index (χ3n) is 1.02. The number of hydrogen-bond acceptors (Lipinski definition) is 1. The Kier molecular flexibility index (Phi) is 6.06. The molecule has 0 unspecified atom stereocenters. The van der Waals surface area contributed by atoms with E-state index in [-0.39, 0.29) is 6.10 Å². The first-order valence-electron chi connectivity index (χ1n) is 3.91. The standard InChI is InChI=1S/C9H16O/c1-4-5-6-7-8-10-9(2)3/h9H,4-6H2,1-3H3. The van der Waals surface area contributed by atoms with Crippen molar-refractivity contribution in [3.8, 4) is 12.0 Å². The fourth-order valence-electron chi connectivity index (χ4n) is 0.476. The highest BCUT2D eigenvalue weighted by Crippen LogP contribution is 1.91. The van der Waals surface area contributed by atoms with E-state index >= 15 is 0 Å². The zero-order valence-electron chi connectivity index (χ0n) is 7.11. The summed E-state index contributed by atoms with van der Waals surface area (Å²) in [6, 6.07) is 0. The van der Waals surface area contributed by atoms with Crippen LogP contribution in [0.2, 0.25) is 0 Å². The monoisotopic (exact) mass is 140 g/mol. The fourth-order valence-corrected chi connectivity index (χ4v) is 0.476. The van der Waals surface area contributed by atoms with E-state index in [0.29, 0.717) is 0 Å². The van der Waals surface area contributed by atoms with Crippen molar-refractivity contribution in [2.24, 2.45) is 0 Å². The van der Waals surface area contributed by atoms with Crippen LogP contribution in [0.5, 0.6) is 0 Å². The van der Waals surface area contributed by atoms with E-state index in [2.05, 4.69) is 19.0 Å². The van der Waals surface area contributed by atoms with Gasteiger partial charge in [0.25, 0.3) is 0 Å². The summed E-state index contributed by atoms with van der Waals surface area (Å²) in [7, 11) is 0. The first-order valence-corrected chi connectivity index (χ1v) is 3.91. The molecule has 0 amide bonds. The van der Waals surface area contributed by atoms with Gasteiger partial charge in [-0.25, -0.2) is 0 Å². The first kappa shape index (κ1) is 9.36. The molecule has 0 aliphatic rings. The lowest BCUT2D eigenvalue weighted by Gasteiger charge is -1.97. The molecule has 0 heterocycles. The van der Waals surface area contributed by atoms with Crippen molar-refractivity contribution in [3.05, 3.63) is 0 Å². The van der Waals surface area contributed by atoms with E-state index < -0.39 is 0 Å². The molecule has 0 aromatic carbocycles. The zero-order chi connectivity index (χ0) is 7.82. The van der Waals surface area contributed by atoms with Gasteiger partial charge >= 0.3 is 0 Å². The smallest absolute Gasteiger partial charge is 0.110 e. The lowest BCUT2D eigenvalue weighted by molar-refractivity contribution is 0.204. The molecule has 58 valence electrons. The molecule has 0 fully saturated rings. The molecule has 0 bridgehead atoms. The van der Waals surface area contributed by atoms with Gasteiger partial charge in [0.2, 0.25) is 0 Å². The number of rotatable bonds is 3. The van der Waals surface area contributed by atoms with Crippen LogP contribution in [0.4, 0.5) is 0 Å². The number of ether oxygens (including phenoxy) is 1. The quantitative estimate of drug-likeness (QED) is 0.432. The average Bonchev–Trinajstić information content (AvgIpc) is 1.87. The van der Waals surface area contributed by atoms with Gasteiger partial charge in [0.15, 0.2) is 0 Å². The Labute approximate surface area is 63.8 Å². The number of hydrogen-bond donors (Lipinski definition) is 0. The van der Waals surface area contributed by atoms with Crippen molar-refractivity contribution < 1.29 is 4.74 Å². The average molecular weight is 140 g/mol. The maximum Gasteiger partial charge on any atom is 0.110 e. The lowest BCUT2D eigenvalue weighted by atomic mass is 10.3. The second kappa shape index (κ2) is 6.48. The lowest BCUT2D eigenvalue weighted by Crippen LogP contribution is -1.94. The molecule has 0 radical (unpaired) electrons. The van der Waals surface area contributed by atoms with Gasteiger partial charge in [0.05, 0.1) is 0 Å². The highest BCUT2D eigenvalue weighted by Gasteiger charge is 1.84. The molecular formula is C9H16O. The van der Waals surface area contributed by atoms with Crippen LogP contribution in [-0.4, -0.2) is 6.10 Å². The van der Waals surface area contributed by atoms with Crippen molar-refractivity contribution in [2.75, 3.05) is 0 Å². The first-order chi connectivity index (χ1) is 4.77. The Bertz CT molecular complexity index is 116. The molecular weight excluding hydrogens is 124 g/mol. The summed E-state index contributed by atoms with van der Waals surface area (Å²) in [5, 5.41) is 0. The van der Waals surface area contributed by atoms with Gasteiger partial charge in [0.1, 0.15) is 12.2 Å². The van der Waals surface area contributed by atoms with Crippen LogP contribution in [0.15, 0.2) is 0 Å². The minimum atomic E-state index is 0.231. The Morgan fingerprint density at radius 1 is 1.40 bits per heavy atom. The maximum atomic E-state index is 5.03. The van der Waals surface area contributed by atoms with E-state index in [1.54, 1.807) is 0 Å². The van der Waals surface area contributed by atoms with Gasteiger partial charge in [-0.1, -0.05) is 19.3 Å². The summed E-state index contributed by atoms with van der Waals surface area (Å²) >= 11 is 0. The van der Waals surface area contributed by atoms with E-state index in [0.717, 1.165) is 6.42 Å². The van der Waals surface area contributed by atoms with Crippen LogP contribution in [0.1, 0.15) is 40.0 Å².